The Morgan fingerprint density at radius 1 is 1.18 bits per heavy atom. The van der Waals surface area contributed by atoms with Gasteiger partial charge in [-0.1, -0.05) is 0 Å². The Bertz CT molecular complexity index is 1020. The van der Waals surface area contributed by atoms with Crippen molar-refractivity contribution < 1.29 is 9.59 Å². The van der Waals surface area contributed by atoms with E-state index >= 15 is 0 Å². The number of rotatable bonds is 5. The van der Waals surface area contributed by atoms with Gasteiger partial charge >= 0.3 is 0 Å². The van der Waals surface area contributed by atoms with Gasteiger partial charge in [0.25, 0.3) is 17.5 Å². The van der Waals surface area contributed by atoms with E-state index in [0.717, 1.165) is 16.3 Å². The molecule has 8 nitrogen and oxygen atoms in total. The number of amides is 2. The molecule has 142 valence electrons. The van der Waals surface area contributed by atoms with Gasteiger partial charge in [-0.15, -0.1) is 11.8 Å². The van der Waals surface area contributed by atoms with E-state index < -0.39 is 11.8 Å². The molecule has 1 aromatic heterocycles. The van der Waals surface area contributed by atoms with Crippen LogP contribution in [-0.2, 0) is 9.59 Å². The molecule has 9 heteroatoms. The first-order valence-electron chi connectivity index (χ1n) is 8.30. The third-order valence-electron chi connectivity index (χ3n) is 4.12. The van der Waals surface area contributed by atoms with Crippen molar-refractivity contribution >= 4 is 40.8 Å². The number of benzene rings is 1. The average molecular weight is 394 g/mol. The molecule has 0 saturated heterocycles. The summed E-state index contributed by atoms with van der Waals surface area (Å²) in [6, 6.07) is 7.64. The zero-order valence-electron chi connectivity index (χ0n) is 15.8. The minimum Gasteiger partial charge on any atom is -0.378 e. The minimum absolute atomic E-state index is 0.117. The lowest BCUT2D eigenvalue weighted by atomic mass is 10.2. The average Bonchev–Trinajstić information content (AvgIpc) is 2.93. The number of hydrazine groups is 1. The molecule has 1 N–H and O–H groups in total. The molecule has 0 spiro atoms. The van der Waals surface area contributed by atoms with E-state index in [1.807, 2.05) is 43.3 Å². The van der Waals surface area contributed by atoms with Crippen LogP contribution in [0.1, 0.15) is 6.92 Å². The number of nitrogens with zero attached hydrogens (tertiary/aromatic N) is 5. The van der Waals surface area contributed by atoms with Crippen LogP contribution in [0, 0.1) is 6.57 Å². The van der Waals surface area contributed by atoms with Crippen LogP contribution in [-0.4, -0.2) is 47.1 Å². The number of nitrogens with one attached hydrogen (secondary N) is 1. The normalized spacial score (nSPS) is 13.4. The quantitative estimate of drug-likeness (QED) is 0.361. The molecular weight excluding hydrogens is 376 g/mol. The summed E-state index contributed by atoms with van der Waals surface area (Å²) in [5.41, 5.74) is 4.96. The number of imide groups is 1. The Balaban J connectivity index is 2.04. The van der Waals surface area contributed by atoms with Crippen molar-refractivity contribution in [3.63, 3.8) is 0 Å². The van der Waals surface area contributed by atoms with Gasteiger partial charge in [-0.2, -0.15) is 5.01 Å². The minimum atomic E-state index is -0.500. The lowest BCUT2D eigenvalue weighted by Gasteiger charge is -2.19. The van der Waals surface area contributed by atoms with Crippen LogP contribution in [0.5, 0.6) is 0 Å². The smallest absolute Gasteiger partial charge is 0.275 e. The summed E-state index contributed by atoms with van der Waals surface area (Å²) >= 11 is 1.30. The molecule has 28 heavy (non-hydrogen) atoms. The van der Waals surface area contributed by atoms with Crippen LogP contribution in [0.2, 0.25) is 0 Å². The number of carbonyl (C=O) groups is 2. The number of hydrogen-bond acceptors (Lipinski definition) is 7. The van der Waals surface area contributed by atoms with Gasteiger partial charge in [0.2, 0.25) is 0 Å². The predicted octanol–water partition coefficient (Wildman–Crippen LogP) is 3.12. The van der Waals surface area contributed by atoms with Crippen molar-refractivity contribution in [2.45, 2.75) is 11.9 Å². The lowest BCUT2D eigenvalue weighted by Crippen LogP contribution is -2.36. The maximum absolute atomic E-state index is 12.2. The summed E-state index contributed by atoms with van der Waals surface area (Å²) < 4.78 is 0. The fraction of sp³-hybridized carbons (Fsp3) is 0.211. The highest BCUT2D eigenvalue weighted by atomic mass is 32.2. The van der Waals surface area contributed by atoms with Crippen molar-refractivity contribution in [3.05, 3.63) is 47.3 Å². The van der Waals surface area contributed by atoms with Crippen LogP contribution in [0.3, 0.4) is 0 Å². The van der Waals surface area contributed by atoms with E-state index in [4.69, 9.17) is 6.57 Å². The summed E-state index contributed by atoms with van der Waals surface area (Å²) in [6.45, 7) is 9.04. The van der Waals surface area contributed by atoms with Gasteiger partial charge in [-0.3, -0.25) is 15.0 Å². The second-order valence-corrected chi connectivity index (χ2v) is 7.02. The Hall–Kier alpha value is -3.38. The highest BCUT2D eigenvalue weighted by Crippen LogP contribution is 2.35. The van der Waals surface area contributed by atoms with Gasteiger partial charge in [0.05, 0.1) is 6.57 Å². The van der Waals surface area contributed by atoms with E-state index in [-0.39, 0.29) is 11.5 Å². The standard InChI is InChI=1S/C19H18N6O2S/c1-11-10-14(26)25(19(11)27)23-17-15(20-2)18(28-5)22-16(21-17)12-6-8-13(9-7-12)24(3)4/h6-10H,1,3-5H3,(H,21,22,23). The van der Waals surface area contributed by atoms with Gasteiger partial charge in [0.15, 0.2) is 11.6 Å². The third kappa shape index (κ3) is 3.54. The van der Waals surface area contributed by atoms with Crippen molar-refractivity contribution in [3.8, 4) is 11.4 Å². The topological polar surface area (TPSA) is 82.8 Å². The summed E-state index contributed by atoms with van der Waals surface area (Å²) in [5, 5.41) is 1.32. The molecule has 0 fully saturated rings. The van der Waals surface area contributed by atoms with Gasteiger partial charge in [-0.25, -0.2) is 14.8 Å². The van der Waals surface area contributed by atoms with Crippen molar-refractivity contribution in [1.82, 2.24) is 15.0 Å². The van der Waals surface area contributed by atoms with Crippen molar-refractivity contribution in [2.75, 3.05) is 30.7 Å². The van der Waals surface area contributed by atoms with E-state index in [2.05, 4.69) is 20.2 Å². The Morgan fingerprint density at radius 2 is 1.86 bits per heavy atom. The van der Waals surface area contributed by atoms with Gasteiger partial charge in [0.1, 0.15) is 5.03 Å². The zero-order chi connectivity index (χ0) is 20.4. The zero-order valence-corrected chi connectivity index (χ0v) is 16.7. The Kier molecular flexibility index (Phi) is 5.33. The first kappa shape index (κ1) is 19.4. The summed E-state index contributed by atoms with van der Waals surface area (Å²) in [7, 11) is 3.90. The summed E-state index contributed by atoms with van der Waals surface area (Å²) in [6.07, 6.45) is 3.04. The molecule has 2 aromatic rings. The van der Waals surface area contributed by atoms with Gasteiger partial charge in [0, 0.05) is 37.0 Å². The molecule has 1 aliphatic rings. The summed E-state index contributed by atoms with van der Waals surface area (Å²) in [4.78, 5) is 38.6. The predicted molar refractivity (Wildman–Crippen MR) is 109 cm³/mol. The molecule has 0 unspecified atom stereocenters. The van der Waals surface area contributed by atoms with E-state index in [1.54, 1.807) is 13.2 Å². The van der Waals surface area contributed by atoms with Crippen molar-refractivity contribution in [1.29, 1.82) is 0 Å². The molecule has 0 bridgehead atoms. The maximum atomic E-state index is 12.2. The second kappa shape index (κ2) is 7.70. The number of aromatic nitrogens is 2. The highest BCUT2D eigenvalue weighted by molar-refractivity contribution is 7.98. The molecule has 1 aliphatic heterocycles. The number of anilines is 2. The largest absolute Gasteiger partial charge is 0.378 e. The number of carbonyl (C=O) groups excluding carboxylic acids is 2. The Labute approximate surface area is 167 Å². The van der Waals surface area contributed by atoms with Crippen LogP contribution in [0.4, 0.5) is 17.2 Å². The fourth-order valence-electron chi connectivity index (χ4n) is 2.59. The van der Waals surface area contributed by atoms with Crippen LogP contribution in [0.25, 0.3) is 16.2 Å². The van der Waals surface area contributed by atoms with E-state index in [0.29, 0.717) is 16.4 Å². The van der Waals surface area contributed by atoms with Crippen LogP contribution >= 0.6 is 11.8 Å². The number of thioether (sulfide) groups is 1. The molecule has 0 aliphatic carbocycles. The van der Waals surface area contributed by atoms with Crippen LogP contribution in [0.15, 0.2) is 40.9 Å². The third-order valence-corrected chi connectivity index (χ3v) is 4.79. The molecule has 1 aromatic carbocycles. The lowest BCUT2D eigenvalue weighted by molar-refractivity contribution is -0.135. The molecular formula is C19H18N6O2S. The molecule has 0 atom stereocenters. The van der Waals surface area contributed by atoms with Crippen LogP contribution < -0.4 is 10.3 Å². The molecule has 2 heterocycles. The van der Waals surface area contributed by atoms with E-state index in [1.165, 1.54) is 17.8 Å². The number of hydrogen-bond donors (Lipinski definition) is 1. The molecule has 3 rings (SSSR count). The molecule has 2 amide bonds. The van der Waals surface area contributed by atoms with E-state index in [9.17, 15) is 9.59 Å². The molecule has 0 saturated carbocycles. The monoisotopic (exact) mass is 394 g/mol. The Morgan fingerprint density at radius 3 is 2.36 bits per heavy atom. The summed E-state index contributed by atoms with van der Waals surface area (Å²) in [5.74, 6) is -0.457. The first-order valence-corrected chi connectivity index (χ1v) is 9.52. The fourth-order valence-corrected chi connectivity index (χ4v) is 3.11. The SMILES string of the molecule is [C-]#[N+]c1c(NN2C(=O)C=C(C)C2=O)nc(-c2ccc(N(C)C)cc2)nc1SC. The second-order valence-electron chi connectivity index (χ2n) is 6.22. The molecule has 0 radical (unpaired) electrons. The van der Waals surface area contributed by atoms with Crippen molar-refractivity contribution in [2.24, 2.45) is 0 Å². The maximum Gasteiger partial charge on any atom is 0.275 e. The highest BCUT2D eigenvalue weighted by Gasteiger charge is 2.30. The first-order chi connectivity index (χ1) is 13.3. The van der Waals surface area contributed by atoms with Gasteiger partial charge < -0.3 is 4.90 Å². The van der Waals surface area contributed by atoms with Gasteiger partial charge in [-0.05, 0) is 37.4 Å².